The molecular weight excluding hydrogens is 288 g/mol. The maximum atomic E-state index is 11.0. The number of hydrogen-bond acceptors (Lipinski definition) is 2. The van der Waals surface area contributed by atoms with E-state index in [2.05, 4.69) is 57.5 Å². The maximum absolute atomic E-state index is 11.0. The van der Waals surface area contributed by atoms with Crippen molar-refractivity contribution >= 4 is 8.32 Å². The molecule has 3 heteroatoms. The third-order valence-electron chi connectivity index (χ3n) is 5.29. The lowest BCUT2D eigenvalue weighted by Crippen LogP contribution is -2.58. The molecule has 1 fully saturated rings. The van der Waals surface area contributed by atoms with Gasteiger partial charge in [-0.2, -0.15) is 0 Å². The van der Waals surface area contributed by atoms with Gasteiger partial charge in [-0.05, 0) is 55.5 Å². The van der Waals surface area contributed by atoms with Crippen LogP contribution in [0.25, 0.3) is 0 Å². The molecule has 2 rings (SSSR count). The highest BCUT2D eigenvalue weighted by Gasteiger charge is 2.50. The standard InChI is InChI=1S/C19H28O2Si/c1-18(2,3)22(4,5)21-19-14-10-8-6-7-9-12-16(17(19)20)13-11-15-19/h6,8,16-17,20H,11-13,15H2,1-5H3/b8-6+. The van der Waals surface area contributed by atoms with Gasteiger partial charge in [0.15, 0.2) is 8.32 Å². The van der Waals surface area contributed by atoms with Crippen LogP contribution in [0.5, 0.6) is 0 Å². The zero-order chi connectivity index (χ0) is 16.4. The van der Waals surface area contributed by atoms with E-state index >= 15 is 0 Å². The van der Waals surface area contributed by atoms with Crippen LogP contribution in [0.1, 0.15) is 46.5 Å². The van der Waals surface area contributed by atoms with E-state index < -0.39 is 20.0 Å². The SMILES string of the molecule is CC(C)(C)[Si](C)(C)OC12C#C/C=C/C#CCC(CCC1)C2O. The molecule has 1 saturated carbocycles. The van der Waals surface area contributed by atoms with Crippen LogP contribution in [-0.4, -0.2) is 25.1 Å². The Labute approximate surface area is 136 Å². The molecule has 22 heavy (non-hydrogen) atoms. The zero-order valence-electron chi connectivity index (χ0n) is 14.5. The van der Waals surface area contributed by atoms with Crippen LogP contribution in [0.15, 0.2) is 12.2 Å². The van der Waals surface area contributed by atoms with Crippen molar-refractivity contribution < 1.29 is 9.53 Å². The van der Waals surface area contributed by atoms with Gasteiger partial charge in [0.2, 0.25) is 0 Å². The molecule has 3 atom stereocenters. The fourth-order valence-corrected chi connectivity index (χ4v) is 4.40. The zero-order valence-corrected chi connectivity index (χ0v) is 15.5. The lowest BCUT2D eigenvalue weighted by Gasteiger charge is -2.49. The average Bonchev–Trinajstić information content (AvgIpc) is 2.39. The highest BCUT2D eigenvalue weighted by molar-refractivity contribution is 6.74. The molecule has 2 nitrogen and oxygen atoms in total. The van der Waals surface area contributed by atoms with Crippen LogP contribution < -0.4 is 0 Å². The monoisotopic (exact) mass is 316 g/mol. The van der Waals surface area contributed by atoms with E-state index in [4.69, 9.17) is 4.43 Å². The van der Waals surface area contributed by atoms with Gasteiger partial charge >= 0.3 is 0 Å². The molecule has 0 aliphatic heterocycles. The largest absolute Gasteiger partial charge is 0.399 e. The molecule has 0 radical (unpaired) electrons. The summed E-state index contributed by atoms with van der Waals surface area (Å²) in [5.74, 6) is 12.6. The Kier molecular flexibility index (Phi) is 4.92. The van der Waals surface area contributed by atoms with E-state index in [1.807, 2.05) is 0 Å². The van der Waals surface area contributed by atoms with Crippen LogP contribution >= 0.6 is 0 Å². The molecule has 2 aliphatic rings. The Balaban J connectivity index is 2.41. The first-order valence-electron chi connectivity index (χ1n) is 8.22. The molecule has 2 aliphatic carbocycles. The van der Waals surface area contributed by atoms with Gasteiger partial charge in [-0.25, -0.2) is 0 Å². The van der Waals surface area contributed by atoms with E-state index in [1.165, 1.54) is 0 Å². The van der Waals surface area contributed by atoms with Gasteiger partial charge in [0, 0.05) is 6.42 Å². The van der Waals surface area contributed by atoms with Crippen LogP contribution in [0, 0.1) is 29.6 Å². The van der Waals surface area contributed by atoms with Gasteiger partial charge < -0.3 is 9.53 Å². The van der Waals surface area contributed by atoms with Crippen molar-refractivity contribution in [2.24, 2.45) is 5.92 Å². The number of fused-ring (bicyclic) bond motifs is 2. The number of aliphatic hydroxyl groups is 1. The van der Waals surface area contributed by atoms with Crippen molar-refractivity contribution in [1.82, 2.24) is 0 Å². The van der Waals surface area contributed by atoms with Crippen molar-refractivity contribution in [3.05, 3.63) is 12.2 Å². The lowest BCUT2D eigenvalue weighted by molar-refractivity contribution is -0.0792. The van der Waals surface area contributed by atoms with Crippen molar-refractivity contribution in [3.63, 3.8) is 0 Å². The first kappa shape index (κ1) is 17.4. The Morgan fingerprint density at radius 3 is 2.59 bits per heavy atom. The molecule has 0 saturated heterocycles. The fourth-order valence-electron chi connectivity index (χ4n) is 2.90. The van der Waals surface area contributed by atoms with Crippen molar-refractivity contribution in [2.45, 2.75) is 76.3 Å². The van der Waals surface area contributed by atoms with Crippen LogP contribution in [-0.2, 0) is 4.43 Å². The fraction of sp³-hybridized carbons (Fsp3) is 0.684. The minimum Gasteiger partial charge on any atom is -0.399 e. The van der Waals surface area contributed by atoms with E-state index in [0.29, 0.717) is 0 Å². The van der Waals surface area contributed by atoms with Gasteiger partial charge in [0.25, 0.3) is 0 Å². The second-order valence-electron chi connectivity index (χ2n) is 7.98. The van der Waals surface area contributed by atoms with Crippen LogP contribution in [0.2, 0.25) is 18.1 Å². The second-order valence-corrected chi connectivity index (χ2v) is 12.7. The molecule has 2 bridgehead atoms. The maximum Gasteiger partial charge on any atom is 0.194 e. The summed E-state index contributed by atoms with van der Waals surface area (Å²) in [5, 5.41) is 11.1. The third-order valence-corrected chi connectivity index (χ3v) is 9.78. The predicted molar refractivity (Wildman–Crippen MR) is 93.7 cm³/mol. The summed E-state index contributed by atoms with van der Waals surface area (Å²) in [6, 6.07) is 0. The number of aliphatic hydroxyl groups excluding tert-OH is 1. The molecule has 1 N–H and O–H groups in total. The Morgan fingerprint density at radius 2 is 1.91 bits per heavy atom. The van der Waals surface area contributed by atoms with Crippen molar-refractivity contribution in [2.75, 3.05) is 0 Å². The van der Waals surface area contributed by atoms with Crippen molar-refractivity contribution in [3.8, 4) is 23.7 Å². The summed E-state index contributed by atoms with van der Waals surface area (Å²) in [7, 11) is -2.01. The molecule has 0 aromatic carbocycles. The van der Waals surface area contributed by atoms with E-state index in [-0.39, 0.29) is 11.0 Å². The normalized spacial score (nSPS) is 33.0. The number of rotatable bonds is 2. The molecular formula is C19H28O2Si. The topological polar surface area (TPSA) is 29.5 Å². The molecule has 3 unspecified atom stereocenters. The van der Waals surface area contributed by atoms with Crippen LogP contribution in [0.3, 0.4) is 0 Å². The number of allylic oxidation sites excluding steroid dienone is 2. The van der Waals surface area contributed by atoms with Gasteiger partial charge in [-0.1, -0.05) is 44.5 Å². The summed E-state index contributed by atoms with van der Waals surface area (Å²) in [4.78, 5) is 0. The molecule has 120 valence electrons. The summed E-state index contributed by atoms with van der Waals surface area (Å²) < 4.78 is 6.68. The molecule has 0 heterocycles. The summed E-state index contributed by atoms with van der Waals surface area (Å²) in [5.41, 5.74) is -0.727. The minimum atomic E-state index is -2.01. The highest BCUT2D eigenvalue weighted by Crippen LogP contribution is 2.44. The second kappa shape index (κ2) is 6.24. The smallest absolute Gasteiger partial charge is 0.194 e. The van der Waals surface area contributed by atoms with E-state index in [1.54, 1.807) is 12.2 Å². The Morgan fingerprint density at radius 1 is 1.23 bits per heavy atom. The van der Waals surface area contributed by atoms with E-state index in [9.17, 15) is 5.11 Å². The number of hydrogen-bond donors (Lipinski definition) is 1. The summed E-state index contributed by atoms with van der Waals surface area (Å²) in [6.45, 7) is 11.1. The Bertz CT molecular complexity index is 562. The quantitative estimate of drug-likeness (QED) is 0.619. The highest BCUT2D eigenvalue weighted by atomic mass is 28.4. The van der Waals surface area contributed by atoms with Gasteiger partial charge in [-0.3, -0.25) is 0 Å². The average molecular weight is 317 g/mol. The van der Waals surface area contributed by atoms with Gasteiger partial charge in [0.1, 0.15) is 5.60 Å². The molecule has 0 spiro atoms. The van der Waals surface area contributed by atoms with E-state index in [0.717, 1.165) is 25.7 Å². The lowest BCUT2D eigenvalue weighted by atomic mass is 9.74. The molecule has 0 amide bonds. The van der Waals surface area contributed by atoms with Gasteiger partial charge in [-0.15, -0.1) is 0 Å². The van der Waals surface area contributed by atoms with Crippen LogP contribution in [0.4, 0.5) is 0 Å². The van der Waals surface area contributed by atoms with Gasteiger partial charge in [0.05, 0.1) is 6.10 Å². The third kappa shape index (κ3) is 3.49. The molecule has 0 aromatic heterocycles. The van der Waals surface area contributed by atoms with Crippen molar-refractivity contribution in [1.29, 1.82) is 0 Å². The molecule has 0 aromatic rings. The minimum absolute atomic E-state index is 0.0983. The predicted octanol–water partition coefficient (Wildman–Crippen LogP) is 3.87. The summed E-state index contributed by atoms with van der Waals surface area (Å²) in [6.07, 6.45) is 6.58. The first-order chi connectivity index (χ1) is 10.2. The summed E-state index contributed by atoms with van der Waals surface area (Å²) >= 11 is 0. The Hall–Kier alpha value is -1.00. The first-order valence-corrected chi connectivity index (χ1v) is 11.1.